The maximum Gasteiger partial charge on any atom is 0.303 e. The summed E-state index contributed by atoms with van der Waals surface area (Å²) in [6.45, 7) is 4.38. The Hall–Kier alpha value is -1.75. The molecule has 0 aliphatic heterocycles. The van der Waals surface area contributed by atoms with Crippen molar-refractivity contribution in [2.75, 3.05) is 13.2 Å². The van der Waals surface area contributed by atoms with Crippen molar-refractivity contribution in [3.8, 4) is 11.5 Å². The lowest BCUT2D eigenvalue weighted by atomic mass is 10.0. The third-order valence-corrected chi connectivity index (χ3v) is 2.80. The highest BCUT2D eigenvalue weighted by Crippen LogP contribution is 2.33. The summed E-state index contributed by atoms with van der Waals surface area (Å²) in [7, 11) is 0. The summed E-state index contributed by atoms with van der Waals surface area (Å²) in [4.78, 5) is 22.6. The van der Waals surface area contributed by atoms with Crippen LogP contribution in [-0.2, 0) is 4.79 Å². The van der Waals surface area contributed by atoms with Gasteiger partial charge in [0.1, 0.15) is 11.5 Å². The molecule has 0 saturated heterocycles. The maximum atomic E-state index is 12.1. The second kappa shape index (κ2) is 7.75. The number of carbonyl (C=O) groups excluding carboxylic acids is 1. The van der Waals surface area contributed by atoms with E-state index >= 15 is 0 Å². The van der Waals surface area contributed by atoms with Gasteiger partial charge in [-0.2, -0.15) is 0 Å². The van der Waals surface area contributed by atoms with Gasteiger partial charge in [0.05, 0.1) is 30.2 Å². The highest BCUT2D eigenvalue weighted by Gasteiger charge is 2.17. The number of aliphatic carboxylic acids is 1. The van der Waals surface area contributed by atoms with E-state index in [4.69, 9.17) is 26.2 Å². The molecule has 0 atom stereocenters. The van der Waals surface area contributed by atoms with Gasteiger partial charge in [0.25, 0.3) is 0 Å². The molecule has 0 spiro atoms. The summed E-state index contributed by atoms with van der Waals surface area (Å²) in [5.41, 5.74) is 0.293. The van der Waals surface area contributed by atoms with Gasteiger partial charge in [0, 0.05) is 12.5 Å². The lowest BCUT2D eigenvalue weighted by Crippen LogP contribution is -2.07. The van der Waals surface area contributed by atoms with Gasteiger partial charge in [-0.05, 0) is 19.9 Å². The number of halogens is 1. The minimum Gasteiger partial charge on any atom is -0.493 e. The largest absolute Gasteiger partial charge is 0.493 e. The van der Waals surface area contributed by atoms with Crippen LogP contribution in [0.25, 0.3) is 0 Å². The molecule has 0 heterocycles. The van der Waals surface area contributed by atoms with E-state index in [-0.39, 0.29) is 18.6 Å². The van der Waals surface area contributed by atoms with E-state index in [1.807, 2.05) is 0 Å². The number of benzene rings is 1. The van der Waals surface area contributed by atoms with Crippen LogP contribution < -0.4 is 9.47 Å². The number of hydrogen-bond acceptors (Lipinski definition) is 4. The predicted molar refractivity (Wildman–Crippen MR) is 75.0 cm³/mol. The van der Waals surface area contributed by atoms with Crippen molar-refractivity contribution in [3.63, 3.8) is 0 Å². The molecule has 6 heteroatoms. The number of ether oxygens (including phenoxy) is 2. The Morgan fingerprint density at radius 3 is 2.25 bits per heavy atom. The van der Waals surface area contributed by atoms with Gasteiger partial charge < -0.3 is 14.6 Å². The molecule has 0 aromatic heterocycles. The van der Waals surface area contributed by atoms with Crippen molar-refractivity contribution in [3.05, 3.63) is 22.7 Å². The molecule has 1 aromatic carbocycles. The van der Waals surface area contributed by atoms with E-state index < -0.39 is 5.97 Å². The Morgan fingerprint density at radius 2 is 1.70 bits per heavy atom. The quantitative estimate of drug-likeness (QED) is 0.746. The summed E-state index contributed by atoms with van der Waals surface area (Å²) >= 11 is 6.04. The fourth-order valence-corrected chi connectivity index (χ4v) is 1.86. The van der Waals surface area contributed by atoms with Crippen LogP contribution in [0, 0.1) is 0 Å². The smallest absolute Gasteiger partial charge is 0.303 e. The van der Waals surface area contributed by atoms with Gasteiger partial charge in [-0.3, -0.25) is 9.59 Å². The van der Waals surface area contributed by atoms with Crippen molar-refractivity contribution in [2.45, 2.75) is 26.7 Å². The van der Waals surface area contributed by atoms with Gasteiger partial charge in [0.15, 0.2) is 5.78 Å². The van der Waals surface area contributed by atoms with Crippen LogP contribution in [0.4, 0.5) is 0 Å². The topological polar surface area (TPSA) is 72.8 Å². The van der Waals surface area contributed by atoms with E-state index in [0.717, 1.165) is 0 Å². The zero-order chi connectivity index (χ0) is 15.1. The minimum absolute atomic E-state index is 0.0946. The summed E-state index contributed by atoms with van der Waals surface area (Å²) < 4.78 is 10.7. The standard InChI is InChI=1S/C14H17ClO5/c1-3-19-12-8-10(15)13(20-4-2)7-9(12)11(16)5-6-14(17)18/h7-8H,3-6H2,1-2H3,(H,17,18). The van der Waals surface area contributed by atoms with Crippen molar-refractivity contribution in [1.29, 1.82) is 0 Å². The first-order chi connectivity index (χ1) is 9.49. The Morgan fingerprint density at radius 1 is 1.10 bits per heavy atom. The first-order valence-corrected chi connectivity index (χ1v) is 6.71. The number of hydrogen-bond donors (Lipinski definition) is 1. The highest BCUT2D eigenvalue weighted by atomic mass is 35.5. The molecule has 0 aliphatic carbocycles. The molecule has 0 saturated carbocycles. The zero-order valence-electron chi connectivity index (χ0n) is 11.4. The molecule has 1 aromatic rings. The Kier molecular flexibility index (Phi) is 6.31. The summed E-state index contributed by atoms with van der Waals surface area (Å²) in [5.74, 6) is -0.601. The average molecular weight is 301 g/mol. The lowest BCUT2D eigenvalue weighted by molar-refractivity contribution is -0.136. The number of carbonyl (C=O) groups is 2. The van der Waals surface area contributed by atoms with Gasteiger partial charge in [0.2, 0.25) is 0 Å². The number of carboxylic acid groups (broad SMARTS) is 1. The Balaban J connectivity index is 3.08. The van der Waals surface area contributed by atoms with Crippen molar-refractivity contribution < 1.29 is 24.2 Å². The van der Waals surface area contributed by atoms with E-state index in [2.05, 4.69) is 0 Å². The maximum absolute atomic E-state index is 12.1. The average Bonchev–Trinajstić information content (AvgIpc) is 2.39. The second-order valence-electron chi connectivity index (χ2n) is 3.96. The fraction of sp³-hybridized carbons (Fsp3) is 0.429. The monoisotopic (exact) mass is 300 g/mol. The first-order valence-electron chi connectivity index (χ1n) is 6.33. The molecular weight excluding hydrogens is 284 g/mol. The molecule has 0 unspecified atom stereocenters. The van der Waals surface area contributed by atoms with Crippen LogP contribution in [0.2, 0.25) is 5.02 Å². The van der Waals surface area contributed by atoms with Crippen LogP contribution in [0.15, 0.2) is 12.1 Å². The number of rotatable bonds is 8. The molecule has 0 bridgehead atoms. The SMILES string of the molecule is CCOc1cc(C(=O)CCC(=O)O)c(OCC)cc1Cl. The molecule has 0 aliphatic rings. The minimum atomic E-state index is -1.02. The third kappa shape index (κ3) is 4.42. The summed E-state index contributed by atoms with van der Waals surface area (Å²) in [5, 5.41) is 8.99. The molecule has 0 fully saturated rings. The van der Waals surface area contributed by atoms with E-state index in [1.165, 1.54) is 12.1 Å². The van der Waals surface area contributed by atoms with Crippen LogP contribution in [0.1, 0.15) is 37.0 Å². The van der Waals surface area contributed by atoms with E-state index in [1.54, 1.807) is 13.8 Å². The van der Waals surface area contributed by atoms with E-state index in [9.17, 15) is 9.59 Å². The molecule has 20 heavy (non-hydrogen) atoms. The van der Waals surface area contributed by atoms with Crippen molar-refractivity contribution in [1.82, 2.24) is 0 Å². The molecule has 110 valence electrons. The lowest BCUT2D eigenvalue weighted by Gasteiger charge is -2.13. The van der Waals surface area contributed by atoms with Crippen LogP contribution in [-0.4, -0.2) is 30.1 Å². The van der Waals surface area contributed by atoms with Crippen LogP contribution >= 0.6 is 11.6 Å². The third-order valence-electron chi connectivity index (χ3n) is 2.50. The van der Waals surface area contributed by atoms with Gasteiger partial charge in [-0.15, -0.1) is 0 Å². The van der Waals surface area contributed by atoms with Gasteiger partial charge in [-0.25, -0.2) is 0 Å². The molecule has 0 radical (unpaired) electrons. The van der Waals surface area contributed by atoms with Crippen LogP contribution in [0.5, 0.6) is 11.5 Å². The second-order valence-corrected chi connectivity index (χ2v) is 4.37. The van der Waals surface area contributed by atoms with Crippen LogP contribution in [0.3, 0.4) is 0 Å². The molecule has 5 nitrogen and oxygen atoms in total. The Labute approximate surface area is 122 Å². The normalized spacial score (nSPS) is 10.2. The zero-order valence-corrected chi connectivity index (χ0v) is 12.2. The molecule has 0 amide bonds. The molecule has 1 N–H and O–H groups in total. The first kappa shape index (κ1) is 16.3. The predicted octanol–water partition coefficient (Wildman–Crippen LogP) is 3.18. The van der Waals surface area contributed by atoms with Crippen molar-refractivity contribution >= 4 is 23.4 Å². The number of carboxylic acids is 1. The highest BCUT2D eigenvalue weighted by molar-refractivity contribution is 6.32. The summed E-state index contributed by atoms with van der Waals surface area (Å²) in [6, 6.07) is 3.02. The van der Waals surface area contributed by atoms with E-state index in [0.29, 0.717) is 35.3 Å². The van der Waals surface area contributed by atoms with Gasteiger partial charge in [-0.1, -0.05) is 11.6 Å². The van der Waals surface area contributed by atoms with Crippen molar-refractivity contribution in [2.24, 2.45) is 0 Å². The molecular formula is C14H17ClO5. The summed E-state index contributed by atoms with van der Waals surface area (Å²) in [6.07, 6.45) is -0.320. The number of ketones is 1. The Bertz CT molecular complexity index is 499. The fourth-order valence-electron chi connectivity index (χ4n) is 1.65. The van der Waals surface area contributed by atoms with Gasteiger partial charge >= 0.3 is 5.97 Å². The molecule has 1 rings (SSSR count). The number of Topliss-reactive ketones (excluding diaryl/α,β-unsaturated/α-hetero) is 1.